The lowest BCUT2D eigenvalue weighted by Crippen LogP contribution is -2.27. The molecule has 3 rings (SSSR count). The van der Waals surface area contributed by atoms with Gasteiger partial charge >= 0.3 is 0 Å². The van der Waals surface area contributed by atoms with Crippen LogP contribution in [0.5, 0.6) is 5.75 Å². The minimum atomic E-state index is -1.14. The van der Waals surface area contributed by atoms with Crippen molar-refractivity contribution in [2.24, 2.45) is 0 Å². The predicted molar refractivity (Wildman–Crippen MR) is 85.9 cm³/mol. The first-order valence-corrected chi connectivity index (χ1v) is 7.59. The van der Waals surface area contributed by atoms with Gasteiger partial charge in [0.15, 0.2) is 0 Å². The molecule has 0 spiro atoms. The van der Waals surface area contributed by atoms with Crippen molar-refractivity contribution < 1.29 is 9.84 Å². The summed E-state index contributed by atoms with van der Waals surface area (Å²) in [5.74, 6) is 0.778. The van der Waals surface area contributed by atoms with Crippen LogP contribution in [0.15, 0.2) is 72.1 Å². The quantitative estimate of drug-likeness (QED) is 0.787. The lowest BCUT2D eigenvalue weighted by atomic mass is 9.85. The van der Waals surface area contributed by atoms with Gasteiger partial charge in [-0.2, -0.15) is 0 Å². The molecule has 0 radical (unpaired) electrons. The Morgan fingerprint density at radius 2 is 1.52 bits per heavy atom. The van der Waals surface area contributed by atoms with Crippen molar-refractivity contribution in [1.29, 1.82) is 0 Å². The van der Waals surface area contributed by atoms with Gasteiger partial charge in [-0.3, -0.25) is 0 Å². The van der Waals surface area contributed by atoms with Gasteiger partial charge in [0, 0.05) is 4.88 Å². The maximum Gasteiger partial charge on any atom is 0.149 e. The Hall–Kier alpha value is -2.10. The third kappa shape index (κ3) is 2.46. The van der Waals surface area contributed by atoms with E-state index in [1.165, 1.54) is 0 Å². The fourth-order valence-corrected chi connectivity index (χ4v) is 3.31. The summed E-state index contributed by atoms with van der Waals surface area (Å²) < 4.78 is 5.20. The van der Waals surface area contributed by atoms with Crippen molar-refractivity contribution in [2.75, 3.05) is 7.11 Å². The SMILES string of the molecule is COc1ccc(C(O)(c2ccccc2)c2cccs2)cc1. The number of ether oxygens (including phenoxy) is 1. The summed E-state index contributed by atoms with van der Waals surface area (Å²) in [4.78, 5) is 0.902. The molecule has 1 heterocycles. The van der Waals surface area contributed by atoms with Gasteiger partial charge in [-0.05, 0) is 34.7 Å². The van der Waals surface area contributed by atoms with E-state index in [0.29, 0.717) is 0 Å². The molecule has 1 unspecified atom stereocenters. The molecule has 0 saturated carbocycles. The van der Waals surface area contributed by atoms with Gasteiger partial charge in [-0.25, -0.2) is 0 Å². The van der Waals surface area contributed by atoms with E-state index in [4.69, 9.17) is 4.74 Å². The molecule has 2 nitrogen and oxygen atoms in total. The second-order valence-electron chi connectivity index (χ2n) is 4.78. The molecule has 0 aliphatic carbocycles. The van der Waals surface area contributed by atoms with Gasteiger partial charge in [0.05, 0.1) is 7.11 Å². The lowest BCUT2D eigenvalue weighted by molar-refractivity contribution is 0.129. The van der Waals surface area contributed by atoms with Crippen LogP contribution in [0.2, 0.25) is 0 Å². The standard InChI is InChI=1S/C18H16O2S/c1-20-16-11-9-15(10-12-16)18(19,17-8-5-13-21-17)14-6-3-2-4-7-14/h2-13,19H,1H3. The highest BCUT2D eigenvalue weighted by Gasteiger charge is 2.34. The van der Waals surface area contributed by atoms with Gasteiger partial charge in [0.25, 0.3) is 0 Å². The van der Waals surface area contributed by atoms with Gasteiger partial charge in [0.2, 0.25) is 0 Å². The molecular weight excluding hydrogens is 280 g/mol. The lowest BCUT2D eigenvalue weighted by Gasteiger charge is -2.28. The molecule has 3 aromatic rings. The Bertz CT molecular complexity index is 690. The summed E-state index contributed by atoms with van der Waals surface area (Å²) in [5, 5.41) is 13.4. The van der Waals surface area contributed by atoms with Crippen LogP contribution >= 0.6 is 11.3 Å². The number of aliphatic hydroxyl groups is 1. The summed E-state index contributed by atoms with van der Waals surface area (Å²) >= 11 is 1.55. The Kier molecular flexibility index (Phi) is 3.78. The zero-order valence-corrected chi connectivity index (χ0v) is 12.5. The van der Waals surface area contributed by atoms with Crippen LogP contribution in [0.3, 0.4) is 0 Å². The number of hydrogen-bond donors (Lipinski definition) is 1. The van der Waals surface area contributed by atoms with Crippen LogP contribution in [0.25, 0.3) is 0 Å². The second kappa shape index (κ2) is 5.72. The number of methoxy groups -OCH3 is 1. The third-order valence-corrected chi connectivity index (χ3v) is 4.56. The number of rotatable bonds is 4. The van der Waals surface area contributed by atoms with E-state index in [1.807, 2.05) is 72.1 Å². The molecule has 1 atom stereocenters. The van der Waals surface area contributed by atoms with E-state index in [1.54, 1.807) is 18.4 Å². The highest BCUT2D eigenvalue weighted by Crippen LogP contribution is 2.39. The minimum Gasteiger partial charge on any atom is -0.497 e. The number of benzene rings is 2. The Morgan fingerprint density at radius 1 is 0.857 bits per heavy atom. The van der Waals surface area contributed by atoms with Crippen molar-refractivity contribution in [3.8, 4) is 5.75 Å². The van der Waals surface area contributed by atoms with Crippen molar-refractivity contribution in [2.45, 2.75) is 5.60 Å². The molecule has 1 aromatic heterocycles. The summed E-state index contributed by atoms with van der Waals surface area (Å²) in [7, 11) is 1.64. The topological polar surface area (TPSA) is 29.5 Å². The number of thiophene rings is 1. The zero-order valence-electron chi connectivity index (χ0n) is 11.7. The molecule has 21 heavy (non-hydrogen) atoms. The molecule has 1 N–H and O–H groups in total. The molecule has 2 aromatic carbocycles. The summed E-state index contributed by atoms with van der Waals surface area (Å²) in [5.41, 5.74) is 0.552. The first-order chi connectivity index (χ1) is 10.2. The first kappa shape index (κ1) is 13.9. The molecular formula is C18H16O2S. The van der Waals surface area contributed by atoms with Crippen LogP contribution < -0.4 is 4.74 Å². The fraction of sp³-hybridized carbons (Fsp3) is 0.111. The monoisotopic (exact) mass is 296 g/mol. The van der Waals surface area contributed by atoms with E-state index in [-0.39, 0.29) is 0 Å². The third-order valence-electron chi connectivity index (χ3n) is 3.58. The Labute approximate surface area is 128 Å². The van der Waals surface area contributed by atoms with E-state index >= 15 is 0 Å². The van der Waals surface area contributed by atoms with Crippen LogP contribution in [0.4, 0.5) is 0 Å². The maximum absolute atomic E-state index is 11.4. The molecule has 0 saturated heterocycles. The second-order valence-corrected chi connectivity index (χ2v) is 5.73. The van der Waals surface area contributed by atoms with Crippen LogP contribution in [0, 0.1) is 0 Å². The van der Waals surface area contributed by atoms with Gasteiger partial charge < -0.3 is 9.84 Å². The average molecular weight is 296 g/mol. The fourth-order valence-electron chi connectivity index (χ4n) is 2.45. The van der Waals surface area contributed by atoms with E-state index < -0.39 is 5.60 Å². The number of hydrogen-bond acceptors (Lipinski definition) is 3. The maximum atomic E-state index is 11.4. The van der Waals surface area contributed by atoms with Gasteiger partial charge in [-0.15, -0.1) is 11.3 Å². The molecule has 0 fully saturated rings. The first-order valence-electron chi connectivity index (χ1n) is 6.71. The molecule has 0 aliphatic rings. The highest BCUT2D eigenvalue weighted by molar-refractivity contribution is 7.10. The molecule has 0 aliphatic heterocycles. The molecule has 106 valence electrons. The summed E-state index contributed by atoms with van der Waals surface area (Å²) in [6.45, 7) is 0. The molecule has 0 bridgehead atoms. The smallest absolute Gasteiger partial charge is 0.149 e. The van der Waals surface area contributed by atoms with Crippen LogP contribution in [0.1, 0.15) is 16.0 Å². The van der Waals surface area contributed by atoms with Crippen molar-refractivity contribution in [3.05, 3.63) is 88.1 Å². The predicted octanol–water partition coefficient (Wildman–Crippen LogP) is 4.04. The Morgan fingerprint density at radius 3 is 2.10 bits per heavy atom. The van der Waals surface area contributed by atoms with Crippen molar-refractivity contribution >= 4 is 11.3 Å². The van der Waals surface area contributed by atoms with Crippen LogP contribution in [-0.4, -0.2) is 12.2 Å². The van der Waals surface area contributed by atoms with Gasteiger partial charge in [0.1, 0.15) is 11.4 Å². The Balaban J connectivity index is 2.16. The normalized spacial score (nSPS) is 13.6. The summed E-state index contributed by atoms with van der Waals surface area (Å²) in [6.07, 6.45) is 0. The highest BCUT2D eigenvalue weighted by atomic mass is 32.1. The molecule has 3 heteroatoms. The zero-order chi connectivity index (χ0) is 14.7. The van der Waals surface area contributed by atoms with E-state index in [0.717, 1.165) is 21.8 Å². The minimum absolute atomic E-state index is 0.778. The van der Waals surface area contributed by atoms with Crippen LogP contribution in [-0.2, 0) is 5.60 Å². The van der Waals surface area contributed by atoms with Gasteiger partial charge in [-0.1, -0.05) is 48.5 Å². The summed E-state index contributed by atoms with van der Waals surface area (Å²) in [6, 6.07) is 21.2. The largest absolute Gasteiger partial charge is 0.497 e. The average Bonchev–Trinajstić information content (AvgIpc) is 3.10. The molecule has 0 amide bonds. The van der Waals surface area contributed by atoms with E-state index in [9.17, 15) is 5.11 Å². The van der Waals surface area contributed by atoms with E-state index in [2.05, 4.69) is 0 Å². The van der Waals surface area contributed by atoms with Crippen molar-refractivity contribution in [1.82, 2.24) is 0 Å². The van der Waals surface area contributed by atoms with Crippen molar-refractivity contribution in [3.63, 3.8) is 0 Å².